The number of thioether (sulfide) groups is 1. The molecule has 0 aromatic heterocycles. The molecule has 1 fully saturated rings. The van der Waals surface area contributed by atoms with Gasteiger partial charge in [0.05, 0.1) is 12.6 Å². The second kappa shape index (κ2) is 3.31. The third kappa shape index (κ3) is 1.23. The second-order valence-corrected chi connectivity index (χ2v) is 4.58. The van der Waals surface area contributed by atoms with Crippen LogP contribution in [0.1, 0.15) is 11.6 Å². The molecule has 0 amide bonds. The molecule has 72 valence electrons. The highest BCUT2D eigenvalue weighted by Gasteiger charge is 2.33. The maximum absolute atomic E-state index is 4.48. The number of benzene rings is 1. The molecule has 1 saturated heterocycles. The molecule has 0 spiro atoms. The van der Waals surface area contributed by atoms with E-state index in [2.05, 4.69) is 40.2 Å². The molecule has 2 heterocycles. The van der Waals surface area contributed by atoms with Crippen molar-refractivity contribution in [2.45, 2.75) is 6.04 Å². The lowest BCUT2D eigenvalue weighted by Gasteiger charge is -2.21. The summed E-state index contributed by atoms with van der Waals surface area (Å²) in [6.45, 7) is 2.08. The molecule has 1 aromatic carbocycles. The monoisotopic (exact) mass is 204 g/mol. The van der Waals surface area contributed by atoms with E-state index in [-0.39, 0.29) is 0 Å². The van der Waals surface area contributed by atoms with Gasteiger partial charge in [0.2, 0.25) is 0 Å². The minimum absolute atomic E-state index is 0.558. The van der Waals surface area contributed by atoms with E-state index in [0.717, 1.165) is 18.8 Å². The van der Waals surface area contributed by atoms with Gasteiger partial charge in [-0.25, -0.2) is 0 Å². The van der Waals surface area contributed by atoms with Crippen LogP contribution in [0.25, 0.3) is 0 Å². The zero-order valence-electron chi connectivity index (χ0n) is 7.89. The van der Waals surface area contributed by atoms with Crippen LogP contribution in [0, 0.1) is 0 Å². The van der Waals surface area contributed by atoms with Crippen molar-refractivity contribution in [1.82, 2.24) is 4.90 Å². The van der Waals surface area contributed by atoms with Gasteiger partial charge in [0, 0.05) is 12.3 Å². The molecule has 0 N–H and O–H groups in total. The summed E-state index contributed by atoms with van der Waals surface area (Å²) in [6.07, 6.45) is 0. The largest absolute Gasteiger partial charge is 0.342 e. The van der Waals surface area contributed by atoms with Crippen molar-refractivity contribution in [3.63, 3.8) is 0 Å². The SMILES string of the molecule is c1ccc(C2CSC3=NCCN32)cc1. The molecule has 0 aliphatic carbocycles. The van der Waals surface area contributed by atoms with E-state index in [1.165, 1.54) is 10.7 Å². The van der Waals surface area contributed by atoms with Gasteiger partial charge in [-0.3, -0.25) is 4.99 Å². The molecule has 2 aliphatic rings. The first-order valence-corrected chi connectivity index (χ1v) is 5.92. The van der Waals surface area contributed by atoms with Crippen molar-refractivity contribution < 1.29 is 0 Å². The Bertz CT molecular complexity index is 361. The molecule has 1 atom stereocenters. The fraction of sp³-hybridized carbons (Fsp3) is 0.364. The zero-order chi connectivity index (χ0) is 9.38. The van der Waals surface area contributed by atoms with Crippen LogP contribution in [-0.2, 0) is 0 Å². The van der Waals surface area contributed by atoms with Crippen LogP contribution < -0.4 is 0 Å². The normalized spacial score (nSPS) is 25.0. The predicted octanol–water partition coefficient (Wildman–Crippen LogP) is 2.15. The number of hydrogen-bond acceptors (Lipinski definition) is 3. The molecular weight excluding hydrogens is 192 g/mol. The Kier molecular flexibility index (Phi) is 1.98. The van der Waals surface area contributed by atoms with Crippen molar-refractivity contribution in [3.05, 3.63) is 35.9 Å². The maximum atomic E-state index is 4.48. The highest BCUT2D eigenvalue weighted by Crippen LogP contribution is 2.36. The highest BCUT2D eigenvalue weighted by atomic mass is 32.2. The smallest absolute Gasteiger partial charge is 0.159 e. The average Bonchev–Trinajstić information content (AvgIpc) is 2.79. The minimum Gasteiger partial charge on any atom is -0.342 e. The van der Waals surface area contributed by atoms with Crippen LogP contribution in [0.3, 0.4) is 0 Å². The molecule has 1 unspecified atom stereocenters. The van der Waals surface area contributed by atoms with E-state index in [0.29, 0.717) is 6.04 Å². The van der Waals surface area contributed by atoms with Crippen LogP contribution in [0.2, 0.25) is 0 Å². The number of aliphatic imine (C=N–C) groups is 1. The van der Waals surface area contributed by atoms with Crippen LogP contribution in [0.4, 0.5) is 0 Å². The van der Waals surface area contributed by atoms with Crippen LogP contribution in [0.5, 0.6) is 0 Å². The lowest BCUT2D eigenvalue weighted by Crippen LogP contribution is -2.25. The summed E-state index contributed by atoms with van der Waals surface area (Å²) in [6, 6.07) is 11.3. The first-order valence-electron chi connectivity index (χ1n) is 4.94. The van der Waals surface area contributed by atoms with E-state index in [1.807, 2.05) is 11.8 Å². The van der Waals surface area contributed by atoms with Crippen LogP contribution in [0.15, 0.2) is 35.3 Å². The van der Waals surface area contributed by atoms with E-state index in [4.69, 9.17) is 0 Å². The molecule has 0 saturated carbocycles. The standard InChI is InChI=1S/C11H12N2S/c1-2-4-9(5-3-1)10-8-14-11-12-6-7-13(10)11/h1-5,10H,6-8H2. The third-order valence-electron chi connectivity index (χ3n) is 2.76. The molecule has 0 radical (unpaired) electrons. The van der Waals surface area contributed by atoms with Gasteiger partial charge in [0.1, 0.15) is 0 Å². The van der Waals surface area contributed by atoms with E-state index in [1.54, 1.807) is 0 Å². The summed E-state index contributed by atoms with van der Waals surface area (Å²) < 4.78 is 0. The van der Waals surface area contributed by atoms with Gasteiger partial charge < -0.3 is 4.90 Å². The lowest BCUT2D eigenvalue weighted by molar-refractivity contribution is 0.387. The lowest BCUT2D eigenvalue weighted by atomic mass is 10.1. The highest BCUT2D eigenvalue weighted by molar-refractivity contribution is 8.14. The zero-order valence-corrected chi connectivity index (χ0v) is 8.70. The van der Waals surface area contributed by atoms with Crippen molar-refractivity contribution in [3.8, 4) is 0 Å². The Hall–Kier alpha value is -0.960. The number of fused-ring (bicyclic) bond motifs is 1. The topological polar surface area (TPSA) is 15.6 Å². The van der Waals surface area contributed by atoms with Gasteiger partial charge in [0.25, 0.3) is 0 Å². The Morgan fingerprint density at radius 2 is 2.14 bits per heavy atom. The predicted molar refractivity (Wildman–Crippen MR) is 60.6 cm³/mol. The molecule has 14 heavy (non-hydrogen) atoms. The van der Waals surface area contributed by atoms with E-state index < -0.39 is 0 Å². The van der Waals surface area contributed by atoms with Crippen molar-refractivity contribution >= 4 is 16.9 Å². The van der Waals surface area contributed by atoms with Gasteiger partial charge in [-0.15, -0.1) is 0 Å². The summed E-state index contributed by atoms with van der Waals surface area (Å²) in [4.78, 5) is 6.91. The third-order valence-corrected chi connectivity index (χ3v) is 3.87. The van der Waals surface area contributed by atoms with Gasteiger partial charge in [0.15, 0.2) is 5.17 Å². The first-order chi connectivity index (χ1) is 6.95. The Morgan fingerprint density at radius 3 is 3.00 bits per heavy atom. The average molecular weight is 204 g/mol. The second-order valence-electron chi connectivity index (χ2n) is 3.60. The summed E-state index contributed by atoms with van der Waals surface area (Å²) in [5.41, 5.74) is 1.42. The molecule has 1 aromatic rings. The van der Waals surface area contributed by atoms with Gasteiger partial charge in [-0.2, -0.15) is 0 Å². The van der Waals surface area contributed by atoms with Crippen molar-refractivity contribution in [2.75, 3.05) is 18.8 Å². The number of amidine groups is 1. The van der Waals surface area contributed by atoms with Gasteiger partial charge in [-0.05, 0) is 5.56 Å². The Balaban J connectivity index is 1.91. The first kappa shape index (κ1) is 8.36. The molecule has 3 heteroatoms. The summed E-state index contributed by atoms with van der Waals surface area (Å²) in [5.74, 6) is 1.16. The van der Waals surface area contributed by atoms with Gasteiger partial charge >= 0.3 is 0 Å². The fourth-order valence-electron chi connectivity index (χ4n) is 2.05. The van der Waals surface area contributed by atoms with Gasteiger partial charge in [-0.1, -0.05) is 42.1 Å². The van der Waals surface area contributed by atoms with Crippen molar-refractivity contribution in [2.24, 2.45) is 4.99 Å². The van der Waals surface area contributed by atoms with E-state index in [9.17, 15) is 0 Å². The maximum Gasteiger partial charge on any atom is 0.159 e. The summed E-state index contributed by atoms with van der Waals surface area (Å²) in [7, 11) is 0. The fourth-order valence-corrected chi connectivity index (χ4v) is 3.30. The molecule has 2 aliphatic heterocycles. The van der Waals surface area contributed by atoms with Crippen LogP contribution >= 0.6 is 11.8 Å². The Morgan fingerprint density at radius 1 is 1.29 bits per heavy atom. The minimum atomic E-state index is 0.558. The molecule has 2 nitrogen and oxygen atoms in total. The quantitative estimate of drug-likeness (QED) is 0.696. The van der Waals surface area contributed by atoms with Crippen LogP contribution in [-0.4, -0.2) is 28.9 Å². The molecule has 3 rings (SSSR count). The summed E-state index contributed by atoms with van der Waals surface area (Å²) >= 11 is 1.89. The number of nitrogens with zero attached hydrogens (tertiary/aromatic N) is 2. The summed E-state index contributed by atoms with van der Waals surface area (Å²) in [5, 5.41) is 1.25. The van der Waals surface area contributed by atoms with E-state index >= 15 is 0 Å². The Labute approximate surface area is 88.0 Å². The molecular formula is C11H12N2S. The van der Waals surface area contributed by atoms with Crippen molar-refractivity contribution in [1.29, 1.82) is 0 Å². The molecule has 0 bridgehead atoms. The number of rotatable bonds is 1. The number of hydrogen-bond donors (Lipinski definition) is 0.